The molecule has 1 aliphatic heterocycles. The largest absolute Gasteiger partial charge is 0.497 e. The summed E-state index contributed by atoms with van der Waals surface area (Å²) in [5.41, 5.74) is 4.28. The standard InChI is InChI=1S/C26H25NO4/c1-26(2)12-18-22(19(28)13-26)21(17-11-14(30-3)9-10-20(17)31-4)23-24(27-18)15-7-5-6-8-16(15)25(23)29/h5-11,21-22H,12-13H2,1-4H3/t21-,22?/m1/s1. The van der Waals surface area contributed by atoms with Crippen LogP contribution in [0.1, 0.15) is 54.1 Å². The zero-order valence-electron chi connectivity index (χ0n) is 18.2. The molecule has 1 heterocycles. The van der Waals surface area contributed by atoms with Crippen molar-refractivity contribution in [3.8, 4) is 11.5 Å². The van der Waals surface area contributed by atoms with E-state index in [1.807, 2.05) is 42.5 Å². The number of carbonyl (C=O) groups is 2. The van der Waals surface area contributed by atoms with Gasteiger partial charge in [0.1, 0.15) is 17.3 Å². The topological polar surface area (TPSA) is 65.0 Å². The summed E-state index contributed by atoms with van der Waals surface area (Å²) in [7, 11) is 3.21. The molecule has 5 heteroatoms. The SMILES string of the molecule is COc1ccc(OC)c([C@H]2C3=C(N=C4CC(C)(C)CC(=O)C42)c2ccccc2C3=O)c1. The van der Waals surface area contributed by atoms with Crippen molar-refractivity contribution in [3.05, 3.63) is 64.7 Å². The lowest BCUT2D eigenvalue weighted by atomic mass is 9.63. The van der Waals surface area contributed by atoms with Crippen LogP contribution >= 0.6 is 0 Å². The van der Waals surface area contributed by atoms with E-state index in [2.05, 4.69) is 13.8 Å². The molecule has 3 aliphatic rings. The Hall–Kier alpha value is -3.21. The molecule has 0 radical (unpaired) electrons. The highest BCUT2D eigenvalue weighted by atomic mass is 16.5. The van der Waals surface area contributed by atoms with E-state index in [0.717, 1.165) is 23.3 Å². The number of nitrogens with zero attached hydrogens (tertiary/aromatic N) is 1. The molecule has 2 aromatic carbocycles. The fourth-order valence-corrected chi connectivity index (χ4v) is 5.34. The highest BCUT2D eigenvalue weighted by Crippen LogP contribution is 2.53. The van der Waals surface area contributed by atoms with Crippen LogP contribution in [-0.4, -0.2) is 31.5 Å². The van der Waals surface area contributed by atoms with Crippen LogP contribution in [0, 0.1) is 11.3 Å². The van der Waals surface area contributed by atoms with Gasteiger partial charge in [-0.05, 0) is 30.0 Å². The van der Waals surface area contributed by atoms with Gasteiger partial charge in [-0.3, -0.25) is 14.6 Å². The first-order chi connectivity index (χ1) is 14.8. The second kappa shape index (κ2) is 6.91. The minimum atomic E-state index is -0.467. The van der Waals surface area contributed by atoms with Crippen LogP contribution in [0.25, 0.3) is 5.70 Å². The number of methoxy groups -OCH3 is 2. The van der Waals surface area contributed by atoms with Crippen molar-refractivity contribution < 1.29 is 19.1 Å². The first-order valence-electron chi connectivity index (χ1n) is 10.5. The second-order valence-electron chi connectivity index (χ2n) is 9.29. The molecule has 2 aliphatic carbocycles. The van der Waals surface area contributed by atoms with Gasteiger partial charge in [-0.15, -0.1) is 0 Å². The van der Waals surface area contributed by atoms with Gasteiger partial charge >= 0.3 is 0 Å². The maximum atomic E-state index is 13.6. The Balaban J connectivity index is 1.79. The van der Waals surface area contributed by atoms with Crippen molar-refractivity contribution in [2.24, 2.45) is 16.3 Å². The summed E-state index contributed by atoms with van der Waals surface area (Å²) in [5.74, 6) is 0.456. The molecule has 0 N–H and O–H groups in total. The first-order valence-corrected chi connectivity index (χ1v) is 10.5. The van der Waals surface area contributed by atoms with Gasteiger partial charge in [0.15, 0.2) is 5.78 Å². The maximum Gasteiger partial charge on any atom is 0.192 e. The van der Waals surface area contributed by atoms with Crippen molar-refractivity contribution in [1.82, 2.24) is 0 Å². The fraction of sp³-hybridized carbons (Fsp3) is 0.346. The molecule has 0 bridgehead atoms. The number of hydrogen-bond acceptors (Lipinski definition) is 5. The number of allylic oxidation sites excluding steroid dienone is 1. The van der Waals surface area contributed by atoms with Crippen LogP contribution in [0.2, 0.25) is 0 Å². The van der Waals surface area contributed by atoms with E-state index in [0.29, 0.717) is 34.8 Å². The summed E-state index contributed by atoms with van der Waals surface area (Å²) >= 11 is 0. The maximum absolute atomic E-state index is 13.6. The third kappa shape index (κ3) is 2.94. The van der Waals surface area contributed by atoms with Gasteiger partial charge in [-0.1, -0.05) is 38.1 Å². The van der Waals surface area contributed by atoms with Crippen LogP contribution < -0.4 is 9.47 Å². The van der Waals surface area contributed by atoms with E-state index >= 15 is 0 Å². The summed E-state index contributed by atoms with van der Waals surface area (Å²) in [6.45, 7) is 4.20. The summed E-state index contributed by atoms with van der Waals surface area (Å²) in [4.78, 5) is 32.0. The third-order valence-electron chi connectivity index (χ3n) is 6.62. The monoisotopic (exact) mass is 415 g/mol. The molecule has 5 rings (SSSR count). The summed E-state index contributed by atoms with van der Waals surface area (Å²) in [6.07, 6.45) is 1.18. The van der Waals surface area contributed by atoms with E-state index in [9.17, 15) is 9.59 Å². The van der Waals surface area contributed by atoms with Gasteiger partial charge in [0.2, 0.25) is 0 Å². The molecule has 31 heavy (non-hydrogen) atoms. The molecular formula is C26H25NO4. The van der Waals surface area contributed by atoms with E-state index in [1.165, 1.54) is 0 Å². The molecule has 1 fully saturated rings. The molecule has 1 unspecified atom stereocenters. The van der Waals surface area contributed by atoms with Crippen LogP contribution in [0.3, 0.4) is 0 Å². The molecule has 2 aromatic rings. The highest BCUT2D eigenvalue weighted by molar-refractivity contribution is 6.25. The van der Waals surface area contributed by atoms with E-state index in [1.54, 1.807) is 14.2 Å². The van der Waals surface area contributed by atoms with Gasteiger partial charge < -0.3 is 9.47 Å². The number of fused-ring (bicyclic) bond motifs is 3. The van der Waals surface area contributed by atoms with Gasteiger partial charge in [0, 0.05) is 40.3 Å². The highest BCUT2D eigenvalue weighted by Gasteiger charge is 2.50. The number of ketones is 2. The summed E-state index contributed by atoms with van der Waals surface area (Å²) in [6, 6.07) is 13.1. The Labute approximate surface area is 181 Å². The van der Waals surface area contributed by atoms with E-state index in [4.69, 9.17) is 14.5 Å². The van der Waals surface area contributed by atoms with E-state index in [-0.39, 0.29) is 17.0 Å². The molecule has 0 spiro atoms. The van der Waals surface area contributed by atoms with E-state index < -0.39 is 11.8 Å². The van der Waals surface area contributed by atoms with Gasteiger partial charge in [0.05, 0.1) is 25.8 Å². The minimum Gasteiger partial charge on any atom is -0.497 e. The predicted octanol–water partition coefficient (Wildman–Crippen LogP) is 4.85. The van der Waals surface area contributed by atoms with Crippen LogP contribution in [-0.2, 0) is 4.79 Å². The fourth-order valence-electron chi connectivity index (χ4n) is 5.34. The summed E-state index contributed by atoms with van der Waals surface area (Å²) < 4.78 is 11.1. The number of ether oxygens (including phenoxy) is 2. The Bertz CT molecular complexity index is 1190. The average Bonchev–Trinajstić information content (AvgIpc) is 3.03. The number of carbonyl (C=O) groups excluding carboxylic acids is 2. The van der Waals surface area contributed by atoms with Crippen LogP contribution in [0.5, 0.6) is 11.5 Å². The Morgan fingerprint density at radius 3 is 2.39 bits per heavy atom. The Morgan fingerprint density at radius 2 is 1.68 bits per heavy atom. The zero-order valence-corrected chi connectivity index (χ0v) is 18.2. The lowest BCUT2D eigenvalue weighted by molar-refractivity contribution is -0.124. The number of rotatable bonds is 3. The number of hydrogen-bond donors (Lipinski definition) is 0. The minimum absolute atomic E-state index is 0.0547. The van der Waals surface area contributed by atoms with Crippen molar-refractivity contribution in [2.45, 2.75) is 32.6 Å². The quantitative estimate of drug-likeness (QED) is 0.718. The summed E-state index contributed by atoms with van der Waals surface area (Å²) in [5, 5.41) is 0. The lowest BCUT2D eigenvalue weighted by Crippen LogP contribution is -2.43. The normalized spacial score (nSPS) is 23.7. The number of Topliss-reactive ketones (excluding diaryl/α,β-unsaturated/α-hetero) is 2. The van der Waals surface area contributed by atoms with Gasteiger partial charge in [-0.2, -0.15) is 0 Å². The van der Waals surface area contributed by atoms with Crippen molar-refractivity contribution in [1.29, 1.82) is 0 Å². The molecule has 1 saturated carbocycles. The molecular weight excluding hydrogens is 390 g/mol. The molecule has 0 aromatic heterocycles. The molecule has 0 amide bonds. The van der Waals surface area contributed by atoms with Crippen molar-refractivity contribution in [2.75, 3.05) is 14.2 Å². The second-order valence-corrected chi connectivity index (χ2v) is 9.29. The Kier molecular flexibility index (Phi) is 4.40. The van der Waals surface area contributed by atoms with Crippen LogP contribution in [0.4, 0.5) is 0 Å². The van der Waals surface area contributed by atoms with Gasteiger partial charge in [0.25, 0.3) is 0 Å². The molecule has 158 valence electrons. The lowest BCUT2D eigenvalue weighted by Gasteiger charge is -2.41. The molecule has 0 saturated heterocycles. The predicted molar refractivity (Wildman–Crippen MR) is 119 cm³/mol. The number of benzene rings is 2. The van der Waals surface area contributed by atoms with Gasteiger partial charge in [-0.25, -0.2) is 0 Å². The third-order valence-corrected chi connectivity index (χ3v) is 6.62. The van der Waals surface area contributed by atoms with Crippen LogP contribution in [0.15, 0.2) is 53.0 Å². The van der Waals surface area contributed by atoms with Crippen molar-refractivity contribution in [3.63, 3.8) is 0 Å². The molecule has 5 nitrogen and oxygen atoms in total. The zero-order chi connectivity index (χ0) is 21.9. The molecule has 2 atom stereocenters. The van der Waals surface area contributed by atoms with Crippen molar-refractivity contribution >= 4 is 23.0 Å². The Morgan fingerprint density at radius 1 is 0.935 bits per heavy atom. The first kappa shape index (κ1) is 19.7. The average molecular weight is 415 g/mol. The number of aliphatic imine (C=N–C) groups is 1. The smallest absolute Gasteiger partial charge is 0.192 e.